The van der Waals surface area contributed by atoms with Gasteiger partial charge in [0.05, 0.1) is 23.6 Å². The van der Waals surface area contributed by atoms with Crippen molar-refractivity contribution in [1.29, 1.82) is 0 Å². The van der Waals surface area contributed by atoms with Crippen LogP contribution in [0, 0.1) is 0 Å². The van der Waals surface area contributed by atoms with E-state index in [-0.39, 0.29) is 23.3 Å². The van der Waals surface area contributed by atoms with Gasteiger partial charge in [-0.25, -0.2) is 5.10 Å². The molecule has 1 fully saturated rings. The molecule has 3 heterocycles. The summed E-state index contributed by atoms with van der Waals surface area (Å²) in [6, 6.07) is 5.33. The van der Waals surface area contributed by atoms with E-state index in [9.17, 15) is 9.59 Å². The molecule has 0 saturated carbocycles. The molecule has 2 aromatic heterocycles. The SMILES string of the molecule is C=CC(=O)N1CCCC(n2cc(-c3ccc(OC)c(Cl)c3)c3c(N)n[nH]c(=O)c32)C1. The summed E-state index contributed by atoms with van der Waals surface area (Å²) in [7, 11) is 1.55. The molecule has 9 heteroatoms. The van der Waals surface area contributed by atoms with Crippen molar-refractivity contribution < 1.29 is 9.53 Å². The smallest absolute Gasteiger partial charge is 0.288 e. The second kappa shape index (κ2) is 7.87. The first-order valence-corrected chi connectivity index (χ1v) is 9.96. The van der Waals surface area contributed by atoms with E-state index in [1.54, 1.807) is 24.1 Å². The van der Waals surface area contributed by atoms with Gasteiger partial charge in [-0.1, -0.05) is 24.2 Å². The lowest BCUT2D eigenvalue weighted by molar-refractivity contribution is -0.127. The predicted molar refractivity (Wildman–Crippen MR) is 117 cm³/mol. The zero-order valence-corrected chi connectivity index (χ0v) is 17.3. The maximum Gasteiger partial charge on any atom is 0.288 e. The highest BCUT2D eigenvalue weighted by molar-refractivity contribution is 6.32. The van der Waals surface area contributed by atoms with Gasteiger partial charge in [0.1, 0.15) is 11.3 Å². The molecule has 0 aliphatic carbocycles. The van der Waals surface area contributed by atoms with Crippen LogP contribution in [0.15, 0.2) is 41.8 Å². The standard InChI is InChI=1S/C21H22ClN5O3/c1-3-17(28)26-8-4-5-13(10-26)27-11-14(12-6-7-16(30-2)15(22)9-12)18-19(27)21(29)25-24-20(18)23/h3,6-7,9,11,13H,1,4-5,8,10H2,2H3,(H2,23,24)(H,25,29). The van der Waals surface area contributed by atoms with E-state index in [4.69, 9.17) is 22.1 Å². The van der Waals surface area contributed by atoms with E-state index in [1.807, 2.05) is 16.8 Å². The molecule has 1 amide bonds. The van der Waals surface area contributed by atoms with Crippen molar-refractivity contribution in [2.75, 3.05) is 25.9 Å². The molecule has 0 spiro atoms. The summed E-state index contributed by atoms with van der Waals surface area (Å²) >= 11 is 6.33. The number of nitrogens with zero attached hydrogens (tertiary/aromatic N) is 3. The molecular weight excluding hydrogens is 406 g/mol. The first-order valence-electron chi connectivity index (χ1n) is 9.58. The van der Waals surface area contributed by atoms with Gasteiger partial charge in [0.2, 0.25) is 5.91 Å². The second-order valence-electron chi connectivity index (χ2n) is 7.25. The summed E-state index contributed by atoms with van der Waals surface area (Å²) < 4.78 is 7.14. The van der Waals surface area contributed by atoms with Crippen LogP contribution in [-0.4, -0.2) is 45.8 Å². The quantitative estimate of drug-likeness (QED) is 0.622. The van der Waals surface area contributed by atoms with E-state index in [0.717, 1.165) is 24.0 Å². The number of nitrogens with one attached hydrogen (secondary N) is 1. The van der Waals surface area contributed by atoms with Crippen LogP contribution in [-0.2, 0) is 4.79 Å². The van der Waals surface area contributed by atoms with E-state index >= 15 is 0 Å². The molecule has 0 bridgehead atoms. The molecule has 1 aliphatic heterocycles. The molecule has 8 nitrogen and oxygen atoms in total. The van der Waals surface area contributed by atoms with Crippen LogP contribution in [0.3, 0.4) is 0 Å². The monoisotopic (exact) mass is 427 g/mol. The predicted octanol–water partition coefficient (Wildman–Crippen LogP) is 2.99. The number of carbonyl (C=O) groups excluding carboxylic acids is 1. The number of anilines is 1. The molecule has 1 unspecified atom stereocenters. The Labute approximate surface area is 177 Å². The Kier molecular flexibility index (Phi) is 5.26. The van der Waals surface area contributed by atoms with Crippen LogP contribution in [0.5, 0.6) is 5.75 Å². The fraction of sp³-hybridized carbons (Fsp3) is 0.286. The number of hydrogen-bond donors (Lipinski definition) is 2. The minimum absolute atomic E-state index is 0.0736. The van der Waals surface area contributed by atoms with Gasteiger partial charge in [-0.2, -0.15) is 5.10 Å². The Morgan fingerprint density at radius 2 is 2.27 bits per heavy atom. The van der Waals surface area contributed by atoms with E-state index in [2.05, 4.69) is 16.8 Å². The van der Waals surface area contributed by atoms with Crippen molar-refractivity contribution in [3.8, 4) is 16.9 Å². The van der Waals surface area contributed by atoms with Crippen molar-refractivity contribution in [3.63, 3.8) is 0 Å². The molecule has 156 valence electrons. The highest BCUT2D eigenvalue weighted by Crippen LogP contribution is 2.38. The first-order chi connectivity index (χ1) is 14.4. The average molecular weight is 428 g/mol. The summed E-state index contributed by atoms with van der Waals surface area (Å²) in [6.07, 6.45) is 4.86. The number of rotatable bonds is 4. The Morgan fingerprint density at radius 3 is 2.97 bits per heavy atom. The number of piperidine rings is 1. The zero-order valence-electron chi connectivity index (χ0n) is 16.5. The summed E-state index contributed by atoms with van der Waals surface area (Å²) in [5.41, 5.74) is 7.80. The number of halogens is 1. The number of fused-ring (bicyclic) bond motifs is 1. The summed E-state index contributed by atoms with van der Waals surface area (Å²) in [5.74, 6) is 0.660. The van der Waals surface area contributed by atoms with Crippen LogP contribution in [0.1, 0.15) is 18.9 Å². The number of benzene rings is 1. The number of nitrogens with two attached hydrogens (primary N) is 1. The van der Waals surface area contributed by atoms with Crippen molar-refractivity contribution >= 4 is 34.2 Å². The van der Waals surface area contributed by atoms with Gasteiger partial charge in [0.15, 0.2) is 5.82 Å². The van der Waals surface area contributed by atoms with E-state index < -0.39 is 0 Å². The van der Waals surface area contributed by atoms with Gasteiger partial charge in [-0.3, -0.25) is 9.59 Å². The number of amides is 1. The van der Waals surface area contributed by atoms with Gasteiger partial charge in [-0.15, -0.1) is 0 Å². The topological polar surface area (TPSA) is 106 Å². The molecular formula is C21H22ClN5O3. The third-order valence-corrected chi connectivity index (χ3v) is 5.82. The fourth-order valence-corrected chi connectivity index (χ4v) is 4.34. The molecule has 1 aliphatic rings. The van der Waals surface area contributed by atoms with Gasteiger partial charge < -0.3 is 19.9 Å². The number of methoxy groups -OCH3 is 1. The normalized spacial score (nSPS) is 16.6. The highest BCUT2D eigenvalue weighted by Gasteiger charge is 2.27. The summed E-state index contributed by atoms with van der Waals surface area (Å²) in [5, 5.41) is 7.44. The van der Waals surface area contributed by atoms with Crippen LogP contribution >= 0.6 is 11.6 Å². The third-order valence-electron chi connectivity index (χ3n) is 5.52. The van der Waals surface area contributed by atoms with Gasteiger partial charge >= 0.3 is 0 Å². The Bertz CT molecular complexity index is 1200. The minimum Gasteiger partial charge on any atom is -0.495 e. The fourth-order valence-electron chi connectivity index (χ4n) is 4.09. The Hall–Kier alpha value is -3.26. The van der Waals surface area contributed by atoms with Gasteiger partial charge in [0.25, 0.3) is 5.56 Å². The molecule has 0 radical (unpaired) electrons. The molecule has 4 rings (SSSR count). The zero-order chi connectivity index (χ0) is 21.4. The van der Waals surface area contributed by atoms with E-state index in [1.165, 1.54) is 6.08 Å². The maximum atomic E-state index is 12.7. The number of carbonyl (C=O) groups is 1. The Morgan fingerprint density at radius 1 is 1.47 bits per heavy atom. The summed E-state index contributed by atoms with van der Waals surface area (Å²) in [6.45, 7) is 4.73. The van der Waals surface area contributed by atoms with Crippen LogP contribution in [0.2, 0.25) is 5.02 Å². The number of aromatic amines is 1. The van der Waals surface area contributed by atoms with Gasteiger partial charge in [-0.05, 0) is 36.6 Å². The average Bonchev–Trinajstić information content (AvgIpc) is 3.18. The number of aromatic nitrogens is 3. The largest absolute Gasteiger partial charge is 0.495 e. The first kappa shape index (κ1) is 20.0. The van der Waals surface area contributed by atoms with Crippen LogP contribution in [0.4, 0.5) is 5.82 Å². The van der Waals surface area contributed by atoms with Crippen molar-refractivity contribution in [2.45, 2.75) is 18.9 Å². The molecule has 1 saturated heterocycles. The lowest BCUT2D eigenvalue weighted by Crippen LogP contribution is -2.40. The Balaban J connectivity index is 1.89. The molecule has 3 N–H and O–H groups in total. The van der Waals surface area contributed by atoms with E-state index in [0.29, 0.717) is 34.8 Å². The van der Waals surface area contributed by atoms with Crippen LogP contribution in [0.25, 0.3) is 22.0 Å². The minimum atomic E-state index is -0.336. The molecule has 1 aromatic carbocycles. The lowest BCUT2D eigenvalue weighted by Gasteiger charge is -2.33. The van der Waals surface area contributed by atoms with Crippen molar-refractivity contribution in [3.05, 3.63) is 52.4 Å². The molecule has 30 heavy (non-hydrogen) atoms. The molecule has 1 atom stereocenters. The lowest BCUT2D eigenvalue weighted by atomic mass is 10.1. The number of H-pyrrole nitrogens is 1. The highest BCUT2D eigenvalue weighted by atomic mass is 35.5. The van der Waals surface area contributed by atoms with Gasteiger partial charge in [0, 0.05) is 24.8 Å². The van der Waals surface area contributed by atoms with Crippen molar-refractivity contribution in [2.24, 2.45) is 0 Å². The summed E-state index contributed by atoms with van der Waals surface area (Å²) in [4.78, 5) is 26.6. The van der Waals surface area contributed by atoms with Crippen molar-refractivity contribution in [1.82, 2.24) is 19.7 Å². The number of hydrogen-bond acceptors (Lipinski definition) is 5. The maximum absolute atomic E-state index is 12.7. The second-order valence-corrected chi connectivity index (χ2v) is 7.65. The number of ether oxygens (including phenoxy) is 1. The number of likely N-dealkylation sites (tertiary alicyclic amines) is 1. The van der Waals surface area contributed by atoms with Crippen LogP contribution < -0.4 is 16.0 Å². The third kappa shape index (κ3) is 3.33. The molecule has 3 aromatic rings. The number of nitrogen functional groups attached to an aromatic ring is 1.